The second-order valence-electron chi connectivity index (χ2n) is 3.51. The zero-order valence-corrected chi connectivity index (χ0v) is 8.77. The summed E-state index contributed by atoms with van der Waals surface area (Å²) in [6.45, 7) is 2.43. The van der Waals surface area contributed by atoms with E-state index in [4.69, 9.17) is 0 Å². The van der Waals surface area contributed by atoms with E-state index in [1.165, 1.54) is 0 Å². The Kier molecular flexibility index (Phi) is 4.15. The van der Waals surface area contributed by atoms with Crippen LogP contribution in [0.1, 0.15) is 19.3 Å². The first-order valence-electron chi connectivity index (χ1n) is 4.63. The third-order valence-electron chi connectivity index (χ3n) is 2.28. The highest BCUT2D eigenvalue weighted by Crippen LogP contribution is 2.15. The molecule has 0 aromatic heterocycles. The van der Waals surface area contributed by atoms with Crippen LogP contribution in [0.15, 0.2) is 0 Å². The van der Waals surface area contributed by atoms with Gasteiger partial charge in [-0.2, -0.15) is 8.42 Å². The molecule has 1 aliphatic heterocycles. The van der Waals surface area contributed by atoms with Crippen molar-refractivity contribution in [2.75, 3.05) is 26.0 Å². The molecule has 0 amide bonds. The molecule has 0 unspecified atom stereocenters. The van der Waals surface area contributed by atoms with Crippen molar-refractivity contribution in [3.05, 3.63) is 0 Å². The molecule has 78 valence electrons. The molecule has 4 nitrogen and oxygen atoms in total. The molecule has 1 fully saturated rings. The minimum Gasteiger partial charge on any atom is -0.317 e. The van der Waals surface area contributed by atoms with Crippen molar-refractivity contribution in [1.29, 1.82) is 0 Å². The van der Waals surface area contributed by atoms with Crippen molar-refractivity contribution in [2.24, 2.45) is 5.92 Å². The lowest BCUT2D eigenvalue weighted by molar-refractivity contribution is 0.257. The highest BCUT2D eigenvalue weighted by Gasteiger charge is 2.13. The summed E-state index contributed by atoms with van der Waals surface area (Å²) in [6, 6.07) is 0. The molecule has 1 rings (SSSR count). The average Bonchev–Trinajstić information content (AvgIpc) is 2.04. The first kappa shape index (κ1) is 10.9. The van der Waals surface area contributed by atoms with Crippen molar-refractivity contribution >= 4 is 10.1 Å². The molecule has 13 heavy (non-hydrogen) atoms. The van der Waals surface area contributed by atoms with Crippen LogP contribution < -0.4 is 5.32 Å². The van der Waals surface area contributed by atoms with Gasteiger partial charge in [-0.25, -0.2) is 0 Å². The summed E-state index contributed by atoms with van der Waals surface area (Å²) in [7, 11) is -3.24. The SMILES string of the molecule is CS(=O)(=O)OCCC1CCNCC1. The van der Waals surface area contributed by atoms with Crippen LogP contribution in [0.25, 0.3) is 0 Å². The van der Waals surface area contributed by atoms with E-state index in [0.29, 0.717) is 12.5 Å². The van der Waals surface area contributed by atoms with Gasteiger partial charge in [0.2, 0.25) is 0 Å². The normalized spacial score (nSPS) is 20.4. The maximum Gasteiger partial charge on any atom is 0.264 e. The Balaban J connectivity index is 2.11. The summed E-state index contributed by atoms with van der Waals surface area (Å²) in [4.78, 5) is 0. The lowest BCUT2D eigenvalue weighted by atomic mass is 9.95. The van der Waals surface area contributed by atoms with Crippen LogP contribution in [-0.4, -0.2) is 34.4 Å². The van der Waals surface area contributed by atoms with Crippen molar-refractivity contribution in [1.82, 2.24) is 5.32 Å². The topological polar surface area (TPSA) is 55.4 Å². The maximum absolute atomic E-state index is 10.6. The fraction of sp³-hybridized carbons (Fsp3) is 1.00. The molecule has 0 radical (unpaired) electrons. The minimum atomic E-state index is -3.24. The van der Waals surface area contributed by atoms with Crippen molar-refractivity contribution in [2.45, 2.75) is 19.3 Å². The van der Waals surface area contributed by atoms with Gasteiger partial charge < -0.3 is 5.32 Å². The standard InChI is InChI=1S/C8H17NO3S/c1-13(10,11)12-7-4-8-2-5-9-6-3-8/h8-9H,2-7H2,1H3. The third-order valence-corrected chi connectivity index (χ3v) is 2.88. The molecule has 1 saturated heterocycles. The van der Waals surface area contributed by atoms with Gasteiger partial charge in [-0.3, -0.25) is 4.18 Å². The van der Waals surface area contributed by atoms with Crippen molar-refractivity contribution < 1.29 is 12.6 Å². The van der Waals surface area contributed by atoms with Gasteiger partial charge in [-0.05, 0) is 38.3 Å². The molecule has 0 saturated carbocycles. The zero-order chi connectivity index (χ0) is 9.73. The Morgan fingerprint density at radius 3 is 2.54 bits per heavy atom. The fourth-order valence-electron chi connectivity index (χ4n) is 1.54. The predicted molar refractivity (Wildman–Crippen MR) is 51.0 cm³/mol. The van der Waals surface area contributed by atoms with Gasteiger partial charge in [-0.15, -0.1) is 0 Å². The van der Waals surface area contributed by atoms with E-state index in [9.17, 15) is 8.42 Å². The number of hydrogen-bond donors (Lipinski definition) is 1. The molecule has 5 heteroatoms. The van der Waals surface area contributed by atoms with Gasteiger partial charge in [0.05, 0.1) is 12.9 Å². The lowest BCUT2D eigenvalue weighted by Crippen LogP contribution is -2.28. The summed E-state index contributed by atoms with van der Waals surface area (Å²) < 4.78 is 26.0. The molecule has 1 heterocycles. The van der Waals surface area contributed by atoms with Gasteiger partial charge in [0.25, 0.3) is 10.1 Å². The van der Waals surface area contributed by atoms with Crippen LogP contribution in [0.2, 0.25) is 0 Å². The first-order valence-corrected chi connectivity index (χ1v) is 6.45. The first-order chi connectivity index (χ1) is 6.08. The van der Waals surface area contributed by atoms with Crippen LogP contribution in [0.4, 0.5) is 0 Å². The smallest absolute Gasteiger partial charge is 0.264 e. The van der Waals surface area contributed by atoms with E-state index in [1.807, 2.05) is 0 Å². The maximum atomic E-state index is 10.6. The highest BCUT2D eigenvalue weighted by atomic mass is 32.2. The largest absolute Gasteiger partial charge is 0.317 e. The van der Waals surface area contributed by atoms with Gasteiger partial charge in [0.15, 0.2) is 0 Å². The number of nitrogens with one attached hydrogen (secondary N) is 1. The quantitative estimate of drug-likeness (QED) is 0.676. The number of piperidine rings is 1. The lowest BCUT2D eigenvalue weighted by Gasteiger charge is -2.21. The molecule has 0 aromatic rings. The second kappa shape index (κ2) is 4.93. The Hall–Kier alpha value is -0.130. The van der Waals surface area contributed by atoms with Crippen LogP contribution in [0.3, 0.4) is 0 Å². The molecular weight excluding hydrogens is 190 g/mol. The minimum absolute atomic E-state index is 0.337. The monoisotopic (exact) mass is 207 g/mol. The summed E-state index contributed by atoms with van der Waals surface area (Å²) in [5, 5.41) is 3.26. The fourth-order valence-corrected chi connectivity index (χ4v) is 1.94. The van der Waals surface area contributed by atoms with Crippen molar-refractivity contribution in [3.63, 3.8) is 0 Å². The molecule has 0 aromatic carbocycles. The average molecular weight is 207 g/mol. The van der Waals surface area contributed by atoms with Gasteiger partial charge in [0.1, 0.15) is 0 Å². The van der Waals surface area contributed by atoms with E-state index < -0.39 is 10.1 Å². The van der Waals surface area contributed by atoms with E-state index in [2.05, 4.69) is 9.50 Å². The predicted octanol–water partition coefficient (Wildman–Crippen LogP) is 0.352. The van der Waals surface area contributed by atoms with Gasteiger partial charge in [0, 0.05) is 0 Å². The number of hydrogen-bond acceptors (Lipinski definition) is 4. The molecule has 1 N–H and O–H groups in total. The van der Waals surface area contributed by atoms with Crippen LogP contribution >= 0.6 is 0 Å². The van der Waals surface area contributed by atoms with E-state index in [0.717, 1.165) is 38.6 Å². The molecule has 0 atom stereocenters. The Morgan fingerprint density at radius 1 is 1.38 bits per heavy atom. The zero-order valence-electron chi connectivity index (χ0n) is 7.95. The summed E-state index contributed by atoms with van der Waals surface area (Å²) in [5.41, 5.74) is 0. The third kappa shape index (κ3) is 5.23. The second-order valence-corrected chi connectivity index (χ2v) is 5.15. The van der Waals surface area contributed by atoms with E-state index in [1.54, 1.807) is 0 Å². The van der Waals surface area contributed by atoms with E-state index in [-0.39, 0.29) is 0 Å². The highest BCUT2D eigenvalue weighted by molar-refractivity contribution is 7.85. The number of rotatable bonds is 4. The summed E-state index contributed by atoms with van der Waals surface area (Å²) >= 11 is 0. The summed E-state index contributed by atoms with van der Waals surface area (Å²) in [6.07, 6.45) is 4.21. The summed E-state index contributed by atoms with van der Waals surface area (Å²) in [5.74, 6) is 0.628. The molecular formula is C8H17NO3S. The van der Waals surface area contributed by atoms with Crippen LogP contribution in [-0.2, 0) is 14.3 Å². The molecule has 0 bridgehead atoms. The Morgan fingerprint density at radius 2 is 2.00 bits per heavy atom. The molecule has 0 aliphatic carbocycles. The van der Waals surface area contributed by atoms with Crippen molar-refractivity contribution in [3.8, 4) is 0 Å². The molecule has 1 aliphatic rings. The Labute approximate surface area is 79.8 Å². The van der Waals surface area contributed by atoms with Crippen LogP contribution in [0.5, 0.6) is 0 Å². The van der Waals surface area contributed by atoms with Gasteiger partial charge >= 0.3 is 0 Å². The van der Waals surface area contributed by atoms with Crippen LogP contribution in [0, 0.1) is 5.92 Å². The van der Waals surface area contributed by atoms with E-state index >= 15 is 0 Å². The Bertz CT molecular complexity index is 232. The van der Waals surface area contributed by atoms with Gasteiger partial charge in [-0.1, -0.05) is 0 Å². The molecule has 0 spiro atoms.